The van der Waals surface area contributed by atoms with Crippen molar-refractivity contribution in [3.05, 3.63) is 64.7 Å². The van der Waals surface area contributed by atoms with Crippen molar-refractivity contribution in [2.24, 2.45) is 0 Å². The van der Waals surface area contributed by atoms with Crippen molar-refractivity contribution in [3.63, 3.8) is 0 Å². The van der Waals surface area contributed by atoms with E-state index >= 15 is 0 Å². The number of carbonyl (C=O) groups is 3. The highest BCUT2D eigenvalue weighted by atomic mass is 16.5. The summed E-state index contributed by atoms with van der Waals surface area (Å²) in [6.45, 7) is 3.95. The second-order valence-electron chi connectivity index (χ2n) is 7.71. The summed E-state index contributed by atoms with van der Waals surface area (Å²) in [5.41, 5.74) is 2.07. The van der Waals surface area contributed by atoms with Crippen molar-refractivity contribution < 1.29 is 19.1 Å². The van der Waals surface area contributed by atoms with Crippen LogP contribution < -0.4 is 4.74 Å². The lowest BCUT2D eigenvalue weighted by molar-refractivity contribution is 0.0642. The van der Waals surface area contributed by atoms with Gasteiger partial charge in [-0.3, -0.25) is 19.3 Å². The third kappa shape index (κ3) is 3.82. The van der Waals surface area contributed by atoms with E-state index in [1.807, 2.05) is 17.9 Å². The van der Waals surface area contributed by atoms with E-state index in [4.69, 9.17) is 4.74 Å². The summed E-state index contributed by atoms with van der Waals surface area (Å²) < 4.78 is 5.70. The summed E-state index contributed by atoms with van der Waals surface area (Å²) in [6.07, 6.45) is 4.29. The van der Waals surface area contributed by atoms with E-state index < -0.39 is 0 Å². The summed E-state index contributed by atoms with van der Waals surface area (Å²) in [5, 5.41) is 0. The molecule has 3 amide bonds. The van der Waals surface area contributed by atoms with E-state index in [0.717, 1.165) is 44.3 Å². The number of imide groups is 1. The molecule has 0 aromatic heterocycles. The van der Waals surface area contributed by atoms with E-state index in [-0.39, 0.29) is 24.3 Å². The van der Waals surface area contributed by atoms with Crippen molar-refractivity contribution in [3.8, 4) is 5.75 Å². The highest BCUT2D eigenvalue weighted by Crippen LogP contribution is 2.27. The molecule has 0 N–H and O–H groups in total. The third-order valence-corrected chi connectivity index (χ3v) is 5.69. The predicted molar refractivity (Wildman–Crippen MR) is 113 cm³/mol. The van der Waals surface area contributed by atoms with Gasteiger partial charge in [0.05, 0.1) is 29.8 Å². The minimum absolute atomic E-state index is 0.0513. The third-order valence-electron chi connectivity index (χ3n) is 5.69. The molecule has 0 saturated carbocycles. The largest absolute Gasteiger partial charge is 0.493 e. The zero-order chi connectivity index (χ0) is 21.1. The number of carbonyl (C=O) groups excluding carboxylic acids is 3. The molecule has 2 aliphatic heterocycles. The number of hydrogen-bond donors (Lipinski definition) is 0. The van der Waals surface area contributed by atoms with Crippen LogP contribution in [0.4, 0.5) is 0 Å². The Morgan fingerprint density at radius 1 is 0.933 bits per heavy atom. The number of fused-ring (bicyclic) bond motifs is 1. The molecule has 0 unspecified atom stereocenters. The lowest BCUT2D eigenvalue weighted by Gasteiger charge is -2.22. The number of likely N-dealkylation sites (tertiary alicyclic amines) is 1. The summed E-state index contributed by atoms with van der Waals surface area (Å²) in [6, 6.07) is 12.2. The number of benzene rings is 2. The normalized spacial score (nSPS) is 16.4. The summed E-state index contributed by atoms with van der Waals surface area (Å²) in [5.74, 6) is -0.114. The van der Waals surface area contributed by atoms with Crippen LogP contribution in [0.15, 0.2) is 42.5 Å². The van der Waals surface area contributed by atoms with Crippen LogP contribution >= 0.6 is 0 Å². The van der Waals surface area contributed by atoms with Gasteiger partial charge < -0.3 is 9.64 Å². The van der Waals surface area contributed by atoms with Gasteiger partial charge in [-0.2, -0.15) is 0 Å². The number of hydrogen-bond acceptors (Lipinski definition) is 4. The quantitative estimate of drug-likeness (QED) is 0.707. The van der Waals surface area contributed by atoms with E-state index in [1.54, 1.807) is 36.4 Å². The molecule has 30 heavy (non-hydrogen) atoms. The second-order valence-corrected chi connectivity index (χ2v) is 7.71. The van der Waals surface area contributed by atoms with Crippen molar-refractivity contribution >= 4 is 17.7 Å². The Morgan fingerprint density at radius 2 is 1.57 bits per heavy atom. The standard InChI is InChI=1S/C24H26N2O4/c1-2-30-21-12-11-17(15-20(21)22(27)25-13-7-3-4-8-14-25)16-26-23(28)18-9-5-6-10-19(18)24(26)29/h5-6,9-12,15H,2-4,7-8,13-14,16H2,1H3. The van der Waals surface area contributed by atoms with Gasteiger partial charge in [0.2, 0.25) is 0 Å². The van der Waals surface area contributed by atoms with Crippen molar-refractivity contribution in [1.82, 2.24) is 9.80 Å². The molecule has 2 aliphatic rings. The van der Waals surface area contributed by atoms with E-state index in [1.165, 1.54) is 4.90 Å². The molecule has 6 nitrogen and oxygen atoms in total. The van der Waals surface area contributed by atoms with Crippen LogP contribution in [0.25, 0.3) is 0 Å². The fourth-order valence-electron chi connectivity index (χ4n) is 4.13. The lowest BCUT2D eigenvalue weighted by atomic mass is 10.1. The van der Waals surface area contributed by atoms with E-state index in [0.29, 0.717) is 29.0 Å². The maximum absolute atomic E-state index is 13.2. The molecule has 0 atom stereocenters. The minimum atomic E-state index is -0.301. The fraction of sp³-hybridized carbons (Fsp3) is 0.375. The van der Waals surface area contributed by atoms with E-state index in [9.17, 15) is 14.4 Å². The Kier molecular flexibility index (Phi) is 5.84. The first-order chi connectivity index (χ1) is 14.6. The highest BCUT2D eigenvalue weighted by molar-refractivity contribution is 6.21. The summed E-state index contributed by atoms with van der Waals surface area (Å²) >= 11 is 0. The Balaban J connectivity index is 1.61. The van der Waals surface area contributed by atoms with Crippen LogP contribution in [0.2, 0.25) is 0 Å². The Hall–Kier alpha value is -3.15. The van der Waals surface area contributed by atoms with Crippen molar-refractivity contribution in [1.29, 1.82) is 0 Å². The molecule has 1 saturated heterocycles. The summed E-state index contributed by atoms with van der Waals surface area (Å²) in [4.78, 5) is 41.7. The van der Waals surface area contributed by atoms with Gasteiger partial charge in [-0.15, -0.1) is 0 Å². The molecule has 0 radical (unpaired) electrons. The molecule has 2 aromatic carbocycles. The molecule has 0 aliphatic carbocycles. The van der Waals surface area contributed by atoms with Gasteiger partial charge in [0, 0.05) is 13.1 Å². The molecule has 0 bridgehead atoms. The average Bonchev–Trinajstić information content (AvgIpc) is 2.96. The molecule has 4 rings (SSSR count). The van der Waals surface area contributed by atoms with Crippen LogP contribution in [-0.4, -0.2) is 47.2 Å². The maximum Gasteiger partial charge on any atom is 0.261 e. The minimum Gasteiger partial charge on any atom is -0.493 e. The van der Waals surface area contributed by atoms with Crippen LogP contribution in [0.3, 0.4) is 0 Å². The van der Waals surface area contributed by atoms with Gasteiger partial charge in [-0.05, 0) is 49.6 Å². The van der Waals surface area contributed by atoms with Crippen LogP contribution in [0.1, 0.15) is 69.2 Å². The topological polar surface area (TPSA) is 66.9 Å². The summed E-state index contributed by atoms with van der Waals surface area (Å²) in [7, 11) is 0. The molecular formula is C24H26N2O4. The average molecular weight is 406 g/mol. The SMILES string of the molecule is CCOc1ccc(CN2C(=O)c3ccccc3C2=O)cc1C(=O)N1CCCCCC1. The first-order valence-corrected chi connectivity index (χ1v) is 10.6. The monoisotopic (exact) mass is 406 g/mol. The van der Waals surface area contributed by atoms with Gasteiger partial charge in [0.25, 0.3) is 17.7 Å². The molecule has 156 valence electrons. The Bertz CT molecular complexity index is 942. The number of ether oxygens (including phenoxy) is 1. The molecule has 2 heterocycles. The Labute approximate surface area is 176 Å². The molecule has 0 spiro atoms. The zero-order valence-corrected chi connectivity index (χ0v) is 17.2. The molecule has 6 heteroatoms. The number of nitrogens with zero attached hydrogens (tertiary/aromatic N) is 2. The molecule has 2 aromatic rings. The zero-order valence-electron chi connectivity index (χ0n) is 17.2. The fourth-order valence-corrected chi connectivity index (χ4v) is 4.13. The van der Waals surface area contributed by atoms with E-state index in [2.05, 4.69) is 0 Å². The van der Waals surface area contributed by atoms with Crippen molar-refractivity contribution in [2.45, 2.75) is 39.2 Å². The maximum atomic E-state index is 13.2. The first-order valence-electron chi connectivity index (χ1n) is 10.6. The Morgan fingerprint density at radius 3 is 2.17 bits per heavy atom. The smallest absolute Gasteiger partial charge is 0.261 e. The van der Waals surface area contributed by atoms with Gasteiger partial charge in [-0.25, -0.2) is 0 Å². The number of amides is 3. The molecule has 1 fully saturated rings. The van der Waals surface area contributed by atoms with Gasteiger partial charge in [-0.1, -0.05) is 31.0 Å². The van der Waals surface area contributed by atoms with Gasteiger partial charge in [0.15, 0.2) is 0 Å². The first kappa shape index (κ1) is 20.1. The van der Waals surface area contributed by atoms with Gasteiger partial charge in [0.1, 0.15) is 5.75 Å². The predicted octanol–water partition coefficient (Wildman–Crippen LogP) is 3.90. The molecular weight excluding hydrogens is 380 g/mol. The van der Waals surface area contributed by atoms with Crippen LogP contribution in [0.5, 0.6) is 5.75 Å². The number of rotatable bonds is 5. The van der Waals surface area contributed by atoms with Crippen LogP contribution in [-0.2, 0) is 6.54 Å². The highest BCUT2D eigenvalue weighted by Gasteiger charge is 2.35. The van der Waals surface area contributed by atoms with Gasteiger partial charge >= 0.3 is 0 Å². The second kappa shape index (κ2) is 8.69. The van der Waals surface area contributed by atoms with Crippen molar-refractivity contribution in [2.75, 3.05) is 19.7 Å². The lowest BCUT2D eigenvalue weighted by Crippen LogP contribution is -2.32. The van der Waals surface area contributed by atoms with Crippen LogP contribution in [0, 0.1) is 0 Å².